The lowest BCUT2D eigenvalue weighted by Crippen LogP contribution is -2.39. The van der Waals surface area contributed by atoms with Crippen LogP contribution in [-0.2, 0) is 19.4 Å². The number of carboxylic acids is 1. The number of carboxylic acid groups (broad SMARTS) is 1. The molecule has 0 fully saturated rings. The van der Waals surface area contributed by atoms with Crippen LogP contribution < -0.4 is 0 Å². The van der Waals surface area contributed by atoms with Crippen molar-refractivity contribution >= 4 is 33.5 Å². The highest BCUT2D eigenvalue weighted by Crippen LogP contribution is 2.31. The quantitative estimate of drug-likeness (QED) is 0.668. The van der Waals surface area contributed by atoms with Crippen LogP contribution in [0.1, 0.15) is 27.2 Å². The maximum atomic E-state index is 12.4. The van der Waals surface area contributed by atoms with Gasteiger partial charge in [-0.1, -0.05) is 19.1 Å². The number of thioether (sulfide) groups is 1. The Bertz CT molecular complexity index is 687. The van der Waals surface area contributed by atoms with Crippen molar-refractivity contribution < 1.29 is 23.1 Å². The molecule has 0 saturated heterocycles. The molecule has 0 saturated carbocycles. The smallest absolute Gasteiger partial charge is 0.323 e. The Balaban J connectivity index is 3.01. The van der Waals surface area contributed by atoms with Crippen LogP contribution in [0, 0.1) is 0 Å². The molecule has 0 spiro atoms. The van der Waals surface area contributed by atoms with Crippen molar-refractivity contribution in [1.29, 1.82) is 0 Å². The summed E-state index contributed by atoms with van der Waals surface area (Å²) in [6, 6.07) is 6.59. The molecule has 134 valence electrons. The highest BCUT2D eigenvalue weighted by Gasteiger charge is 2.25. The van der Waals surface area contributed by atoms with Gasteiger partial charge >= 0.3 is 5.97 Å². The molecule has 1 amide bonds. The first-order chi connectivity index (χ1) is 11.2. The van der Waals surface area contributed by atoms with E-state index in [2.05, 4.69) is 0 Å². The van der Waals surface area contributed by atoms with Crippen molar-refractivity contribution in [2.24, 2.45) is 0 Å². The molecule has 0 aliphatic rings. The third-order valence-electron chi connectivity index (χ3n) is 3.33. The van der Waals surface area contributed by atoms with Crippen LogP contribution in [0.15, 0.2) is 34.1 Å². The number of carbonyl (C=O) groups excluding carboxylic acids is 1. The monoisotopic (exact) mass is 373 g/mol. The Morgan fingerprint density at radius 2 is 1.88 bits per heavy atom. The number of hydrogen-bond acceptors (Lipinski definition) is 5. The van der Waals surface area contributed by atoms with Crippen LogP contribution in [0.4, 0.5) is 0 Å². The van der Waals surface area contributed by atoms with Crippen LogP contribution in [0.2, 0.25) is 0 Å². The van der Waals surface area contributed by atoms with E-state index in [1.165, 1.54) is 4.90 Å². The zero-order valence-electron chi connectivity index (χ0n) is 14.1. The highest BCUT2D eigenvalue weighted by atomic mass is 32.2. The second kappa shape index (κ2) is 9.08. The number of aliphatic carboxylic acids is 1. The molecular weight excluding hydrogens is 350 g/mol. The van der Waals surface area contributed by atoms with Gasteiger partial charge in [-0.05, 0) is 32.4 Å². The zero-order chi connectivity index (χ0) is 18.3. The van der Waals surface area contributed by atoms with Crippen molar-refractivity contribution in [2.75, 3.05) is 18.8 Å². The Labute approximate surface area is 147 Å². The molecule has 0 aliphatic carbocycles. The minimum atomic E-state index is -3.40. The summed E-state index contributed by atoms with van der Waals surface area (Å²) < 4.78 is 24.7. The van der Waals surface area contributed by atoms with Gasteiger partial charge in [0.25, 0.3) is 0 Å². The first-order valence-corrected chi connectivity index (χ1v) is 10.2. The molecule has 1 rings (SSSR count). The summed E-state index contributed by atoms with van der Waals surface area (Å²) in [5.74, 6) is -1.35. The summed E-state index contributed by atoms with van der Waals surface area (Å²) in [5.41, 5.74) is 0. The fourth-order valence-electron chi connectivity index (χ4n) is 2.19. The molecule has 1 aromatic carbocycles. The molecule has 24 heavy (non-hydrogen) atoms. The molecule has 0 aliphatic heterocycles. The molecule has 1 N–H and O–H groups in total. The molecule has 1 unspecified atom stereocenters. The summed E-state index contributed by atoms with van der Waals surface area (Å²) in [6.45, 7) is 5.07. The standard InChI is InChI=1S/C16H23NO5S2/c1-4-10-24(21,22)14-9-7-6-8-13(14)23-12(3)16(20)17(5-2)11-15(18)19/h6-9,12H,4-5,10-11H2,1-3H3,(H,18,19). The third-order valence-corrected chi connectivity index (χ3v) is 6.59. The van der Waals surface area contributed by atoms with Gasteiger partial charge in [-0.25, -0.2) is 8.42 Å². The van der Waals surface area contributed by atoms with Gasteiger partial charge in [0.2, 0.25) is 5.91 Å². The topological polar surface area (TPSA) is 91.8 Å². The molecule has 0 bridgehead atoms. The second-order valence-electron chi connectivity index (χ2n) is 5.27. The first-order valence-electron chi connectivity index (χ1n) is 7.72. The van der Waals surface area contributed by atoms with Crippen molar-refractivity contribution in [2.45, 2.75) is 42.2 Å². The van der Waals surface area contributed by atoms with Gasteiger partial charge in [-0.15, -0.1) is 11.8 Å². The fourth-order valence-corrected chi connectivity index (χ4v) is 5.11. The van der Waals surface area contributed by atoms with E-state index in [0.29, 0.717) is 11.3 Å². The Morgan fingerprint density at radius 1 is 1.25 bits per heavy atom. The van der Waals surface area contributed by atoms with E-state index < -0.39 is 21.1 Å². The van der Waals surface area contributed by atoms with E-state index in [1.54, 1.807) is 45.0 Å². The third kappa shape index (κ3) is 5.52. The van der Waals surface area contributed by atoms with Crippen molar-refractivity contribution in [3.8, 4) is 0 Å². The summed E-state index contributed by atoms with van der Waals surface area (Å²) >= 11 is 1.14. The van der Waals surface area contributed by atoms with Gasteiger partial charge in [0.1, 0.15) is 6.54 Å². The molecule has 0 radical (unpaired) electrons. The van der Waals surface area contributed by atoms with Gasteiger partial charge in [0, 0.05) is 11.4 Å². The van der Waals surface area contributed by atoms with Crippen LogP contribution in [-0.4, -0.2) is 54.4 Å². The van der Waals surface area contributed by atoms with E-state index in [0.717, 1.165) is 11.8 Å². The number of sulfone groups is 1. The lowest BCUT2D eigenvalue weighted by Gasteiger charge is -2.23. The average Bonchev–Trinajstić information content (AvgIpc) is 2.52. The second-order valence-corrected chi connectivity index (χ2v) is 8.73. The van der Waals surface area contributed by atoms with Crippen LogP contribution in [0.5, 0.6) is 0 Å². The maximum absolute atomic E-state index is 12.4. The number of amides is 1. The molecule has 6 nitrogen and oxygen atoms in total. The number of hydrogen-bond donors (Lipinski definition) is 1. The summed E-state index contributed by atoms with van der Waals surface area (Å²) in [7, 11) is -3.40. The summed E-state index contributed by atoms with van der Waals surface area (Å²) in [6.07, 6.45) is 0.512. The molecule has 0 aromatic heterocycles. The first kappa shape index (κ1) is 20.5. The van der Waals surface area contributed by atoms with Crippen molar-refractivity contribution in [1.82, 2.24) is 4.90 Å². The van der Waals surface area contributed by atoms with Gasteiger partial charge in [-0.2, -0.15) is 0 Å². The van der Waals surface area contributed by atoms with Gasteiger partial charge in [-0.3, -0.25) is 9.59 Å². The number of likely N-dealkylation sites (N-methyl/N-ethyl adjacent to an activating group) is 1. The molecule has 8 heteroatoms. The number of benzene rings is 1. The van der Waals surface area contributed by atoms with E-state index >= 15 is 0 Å². The fraction of sp³-hybridized carbons (Fsp3) is 0.500. The number of carbonyl (C=O) groups is 2. The summed E-state index contributed by atoms with van der Waals surface area (Å²) in [4.78, 5) is 25.2. The van der Waals surface area contributed by atoms with Crippen LogP contribution in [0.25, 0.3) is 0 Å². The van der Waals surface area contributed by atoms with E-state index in [9.17, 15) is 18.0 Å². The Hall–Kier alpha value is -1.54. The average molecular weight is 373 g/mol. The normalized spacial score (nSPS) is 12.6. The minimum Gasteiger partial charge on any atom is -0.480 e. The summed E-state index contributed by atoms with van der Waals surface area (Å²) in [5, 5.41) is 8.28. The molecular formula is C16H23NO5S2. The van der Waals surface area contributed by atoms with Crippen LogP contribution in [0.3, 0.4) is 0 Å². The largest absolute Gasteiger partial charge is 0.480 e. The van der Waals surface area contributed by atoms with Gasteiger partial charge < -0.3 is 10.0 Å². The number of rotatable bonds is 9. The van der Waals surface area contributed by atoms with Gasteiger partial charge in [0.15, 0.2) is 9.84 Å². The molecule has 1 atom stereocenters. The molecule has 0 heterocycles. The number of nitrogens with zero attached hydrogens (tertiary/aromatic N) is 1. The lowest BCUT2D eigenvalue weighted by molar-refractivity contribution is -0.143. The van der Waals surface area contributed by atoms with Crippen molar-refractivity contribution in [3.05, 3.63) is 24.3 Å². The Morgan fingerprint density at radius 3 is 2.42 bits per heavy atom. The van der Waals surface area contributed by atoms with E-state index in [-0.39, 0.29) is 29.6 Å². The predicted molar refractivity (Wildman–Crippen MR) is 94.0 cm³/mol. The molecule has 1 aromatic rings. The minimum absolute atomic E-state index is 0.0486. The maximum Gasteiger partial charge on any atom is 0.323 e. The van der Waals surface area contributed by atoms with E-state index in [4.69, 9.17) is 5.11 Å². The Kier molecular flexibility index (Phi) is 7.75. The highest BCUT2D eigenvalue weighted by molar-refractivity contribution is 8.01. The SMILES string of the molecule is CCCS(=O)(=O)c1ccccc1SC(C)C(=O)N(CC)CC(=O)O. The van der Waals surface area contributed by atoms with E-state index in [1.807, 2.05) is 0 Å². The zero-order valence-corrected chi connectivity index (χ0v) is 15.7. The van der Waals surface area contributed by atoms with Crippen LogP contribution >= 0.6 is 11.8 Å². The van der Waals surface area contributed by atoms with Gasteiger partial charge in [0.05, 0.1) is 15.9 Å². The van der Waals surface area contributed by atoms with Crippen molar-refractivity contribution in [3.63, 3.8) is 0 Å². The lowest BCUT2D eigenvalue weighted by atomic mass is 10.3. The predicted octanol–water partition coefficient (Wildman–Crippen LogP) is 2.28.